The Bertz CT molecular complexity index is 576. The van der Waals surface area contributed by atoms with E-state index in [0.717, 1.165) is 41.5 Å². The third-order valence-corrected chi connectivity index (χ3v) is 2.86. The molecule has 0 saturated carbocycles. The lowest BCUT2D eigenvalue weighted by Gasteiger charge is -2.10. The molecule has 0 amide bonds. The van der Waals surface area contributed by atoms with Crippen LogP contribution in [-0.4, -0.2) is 31.2 Å². The van der Waals surface area contributed by atoms with Crippen molar-refractivity contribution >= 4 is 5.84 Å². The number of nitrogens with zero attached hydrogens (tertiary/aromatic N) is 2. The number of aromatic nitrogens is 1. The standard InChI is InChI=1S/C13H13N3O2/c1-17-12-8-9(11-4-7-18-16-11)2-3-10(12)13-14-5-6-15-13/h2-4,7-8H,5-6H2,1H3,(H,14,15). The minimum absolute atomic E-state index is 0.781. The SMILES string of the molecule is COc1cc(-c2ccon2)ccc1C1=NCCN1. The molecule has 0 fully saturated rings. The first-order valence-electron chi connectivity index (χ1n) is 5.76. The number of hydrogen-bond donors (Lipinski definition) is 1. The van der Waals surface area contributed by atoms with Crippen LogP contribution in [0.3, 0.4) is 0 Å². The Morgan fingerprint density at radius 1 is 1.33 bits per heavy atom. The first-order valence-corrected chi connectivity index (χ1v) is 5.76. The van der Waals surface area contributed by atoms with Crippen molar-refractivity contribution in [2.75, 3.05) is 20.2 Å². The molecule has 92 valence electrons. The van der Waals surface area contributed by atoms with E-state index in [4.69, 9.17) is 9.26 Å². The second kappa shape index (κ2) is 4.52. The average molecular weight is 243 g/mol. The number of amidine groups is 1. The van der Waals surface area contributed by atoms with Gasteiger partial charge in [-0.1, -0.05) is 11.2 Å². The van der Waals surface area contributed by atoms with Crippen LogP contribution in [-0.2, 0) is 0 Å². The van der Waals surface area contributed by atoms with E-state index in [1.807, 2.05) is 24.3 Å². The van der Waals surface area contributed by atoms with E-state index in [0.29, 0.717) is 0 Å². The molecule has 0 atom stereocenters. The van der Waals surface area contributed by atoms with Crippen LogP contribution in [0, 0.1) is 0 Å². The highest BCUT2D eigenvalue weighted by atomic mass is 16.5. The molecule has 1 N–H and O–H groups in total. The van der Waals surface area contributed by atoms with Crippen LogP contribution >= 0.6 is 0 Å². The van der Waals surface area contributed by atoms with Crippen molar-refractivity contribution in [3.8, 4) is 17.0 Å². The Labute approximate surface area is 104 Å². The maximum atomic E-state index is 5.42. The van der Waals surface area contributed by atoms with Gasteiger partial charge in [0.2, 0.25) is 0 Å². The fraction of sp³-hybridized carbons (Fsp3) is 0.231. The molecule has 18 heavy (non-hydrogen) atoms. The van der Waals surface area contributed by atoms with Gasteiger partial charge < -0.3 is 14.6 Å². The second-order valence-corrected chi connectivity index (χ2v) is 3.96. The minimum atomic E-state index is 0.781. The highest BCUT2D eigenvalue weighted by Gasteiger charge is 2.14. The molecule has 0 saturated heterocycles. The van der Waals surface area contributed by atoms with E-state index in [1.54, 1.807) is 13.4 Å². The predicted octanol–water partition coefficient (Wildman–Crippen LogP) is 1.70. The molecular weight excluding hydrogens is 230 g/mol. The molecule has 0 radical (unpaired) electrons. The summed E-state index contributed by atoms with van der Waals surface area (Å²) in [6, 6.07) is 7.73. The van der Waals surface area contributed by atoms with Crippen LogP contribution in [0.1, 0.15) is 5.56 Å². The molecule has 1 aliphatic rings. The van der Waals surface area contributed by atoms with Gasteiger partial charge in [0.15, 0.2) is 0 Å². The summed E-state index contributed by atoms with van der Waals surface area (Å²) in [7, 11) is 1.65. The number of hydrogen-bond acceptors (Lipinski definition) is 5. The summed E-state index contributed by atoms with van der Waals surface area (Å²) in [6.07, 6.45) is 1.55. The maximum Gasteiger partial charge on any atom is 0.132 e. The number of nitrogens with one attached hydrogen (secondary N) is 1. The monoisotopic (exact) mass is 243 g/mol. The van der Waals surface area contributed by atoms with Crippen molar-refractivity contribution in [1.29, 1.82) is 0 Å². The molecule has 1 aromatic carbocycles. The minimum Gasteiger partial charge on any atom is -0.496 e. The molecule has 2 aromatic rings. The Kier molecular flexibility index (Phi) is 2.72. The number of methoxy groups -OCH3 is 1. The molecule has 3 rings (SSSR count). The van der Waals surface area contributed by atoms with Gasteiger partial charge in [0, 0.05) is 18.2 Å². The van der Waals surface area contributed by atoms with Crippen LogP contribution in [0.5, 0.6) is 5.75 Å². The number of rotatable bonds is 3. The van der Waals surface area contributed by atoms with Gasteiger partial charge in [0.1, 0.15) is 23.5 Å². The second-order valence-electron chi connectivity index (χ2n) is 3.96. The molecule has 2 heterocycles. The zero-order chi connectivity index (χ0) is 12.4. The fourth-order valence-electron chi connectivity index (χ4n) is 1.99. The lowest BCUT2D eigenvalue weighted by molar-refractivity contribution is 0.413. The van der Waals surface area contributed by atoms with Crippen molar-refractivity contribution in [3.05, 3.63) is 36.1 Å². The summed E-state index contributed by atoms with van der Waals surface area (Å²) >= 11 is 0. The zero-order valence-electron chi connectivity index (χ0n) is 10.0. The number of aliphatic imine (C=N–C) groups is 1. The van der Waals surface area contributed by atoms with Gasteiger partial charge in [-0.15, -0.1) is 0 Å². The van der Waals surface area contributed by atoms with E-state index < -0.39 is 0 Å². The summed E-state index contributed by atoms with van der Waals surface area (Å²) in [6.45, 7) is 1.69. The van der Waals surface area contributed by atoms with Gasteiger partial charge in [-0.25, -0.2) is 0 Å². The van der Waals surface area contributed by atoms with Crippen molar-refractivity contribution < 1.29 is 9.26 Å². The highest BCUT2D eigenvalue weighted by Crippen LogP contribution is 2.26. The smallest absolute Gasteiger partial charge is 0.132 e. The number of benzene rings is 1. The van der Waals surface area contributed by atoms with Crippen LogP contribution < -0.4 is 10.1 Å². The van der Waals surface area contributed by atoms with Crippen LogP contribution in [0.2, 0.25) is 0 Å². The lowest BCUT2D eigenvalue weighted by Crippen LogP contribution is -2.20. The lowest BCUT2D eigenvalue weighted by atomic mass is 10.1. The van der Waals surface area contributed by atoms with Crippen molar-refractivity contribution in [1.82, 2.24) is 10.5 Å². The van der Waals surface area contributed by atoms with Crippen LogP contribution in [0.15, 0.2) is 40.0 Å². The zero-order valence-corrected chi connectivity index (χ0v) is 10.0. The molecule has 1 aromatic heterocycles. The summed E-state index contributed by atoms with van der Waals surface area (Å²) in [5.41, 5.74) is 2.73. The van der Waals surface area contributed by atoms with Crippen LogP contribution in [0.4, 0.5) is 0 Å². The molecule has 0 bridgehead atoms. The van der Waals surface area contributed by atoms with Crippen molar-refractivity contribution in [2.45, 2.75) is 0 Å². The molecule has 0 spiro atoms. The molecule has 0 aliphatic carbocycles. The molecule has 1 aliphatic heterocycles. The van der Waals surface area contributed by atoms with E-state index in [2.05, 4.69) is 15.5 Å². The van der Waals surface area contributed by atoms with Gasteiger partial charge in [0.25, 0.3) is 0 Å². The molecule has 0 unspecified atom stereocenters. The van der Waals surface area contributed by atoms with Crippen LogP contribution in [0.25, 0.3) is 11.3 Å². The van der Waals surface area contributed by atoms with Gasteiger partial charge >= 0.3 is 0 Å². The Balaban J connectivity index is 2.02. The quantitative estimate of drug-likeness (QED) is 0.891. The topological polar surface area (TPSA) is 59.7 Å². The van der Waals surface area contributed by atoms with Crippen molar-refractivity contribution in [2.24, 2.45) is 4.99 Å². The van der Waals surface area contributed by atoms with E-state index in [9.17, 15) is 0 Å². The molecular formula is C13H13N3O2. The van der Waals surface area contributed by atoms with E-state index in [1.165, 1.54) is 0 Å². The Morgan fingerprint density at radius 2 is 2.28 bits per heavy atom. The van der Waals surface area contributed by atoms with Gasteiger partial charge in [0.05, 0.1) is 19.2 Å². The largest absolute Gasteiger partial charge is 0.496 e. The maximum absolute atomic E-state index is 5.42. The molecule has 5 heteroatoms. The average Bonchev–Trinajstić information content (AvgIpc) is 3.11. The third-order valence-electron chi connectivity index (χ3n) is 2.86. The summed E-state index contributed by atoms with van der Waals surface area (Å²) in [5.74, 6) is 1.67. The normalized spacial score (nSPS) is 14.2. The highest BCUT2D eigenvalue weighted by molar-refractivity contribution is 6.02. The van der Waals surface area contributed by atoms with Crippen molar-refractivity contribution in [3.63, 3.8) is 0 Å². The van der Waals surface area contributed by atoms with Gasteiger partial charge in [-0.05, 0) is 12.1 Å². The fourth-order valence-corrected chi connectivity index (χ4v) is 1.99. The van der Waals surface area contributed by atoms with E-state index in [-0.39, 0.29) is 0 Å². The first kappa shape index (κ1) is 10.8. The summed E-state index contributed by atoms with van der Waals surface area (Å²) in [4.78, 5) is 4.40. The number of ether oxygens (including phenoxy) is 1. The van der Waals surface area contributed by atoms with E-state index >= 15 is 0 Å². The third kappa shape index (κ3) is 1.84. The summed E-state index contributed by atoms with van der Waals surface area (Å²) < 4.78 is 10.3. The molecule has 5 nitrogen and oxygen atoms in total. The van der Waals surface area contributed by atoms with Gasteiger partial charge in [-0.2, -0.15) is 0 Å². The van der Waals surface area contributed by atoms with Gasteiger partial charge in [-0.3, -0.25) is 4.99 Å². The predicted molar refractivity (Wildman–Crippen MR) is 67.9 cm³/mol. The summed E-state index contributed by atoms with van der Waals surface area (Å²) in [5, 5.41) is 7.15. The Morgan fingerprint density at radius 3 is 2.94 bits per heavy atom. The first-order chi connectivity index (χ1) is 8.88. The Hall–Kier alpha value is -2.30.